The number of carbonyl (C=O) groups excluding carboxylic acids is 3. The van der Waals surface area contributed by atoms with Crippen molar-refractivity contribution < 1.29 is 32.8 Å². The maximum absolute atomic E-state index is 16.1. The molecule has 2 fully saturated rings. The Kier molecular flexibility index (Phi) is 4.42. The molecule has 3 atom stereocenters. The fraction of sp³-hybridized carbons (Fsp3) is 0.429. The van der Waals surface area contributed by atoms with Gasteiger partial charge in [0.05, 0.1) is 36.4 Å². The first-order chi connectivity index (χ1) is 16.8. The van der Waals surface area contributed by atoms with Crippen molar-refractivity contribution in [2.45, 2.75) is 38.5 Å². The third-order valence-corrected chi connectivity index (χ3v) is 6.85. The van der Waals surface area contributed by atoms with Crippen LogP contribution in [0.25, 0.3) is 16.8 Å². The fourth-order valence-electron chi connectivity index (χ4n) is 5.60. The topological polar surface area (TPSA) is 154 Å². The smallest absolute Gasteiger partial charge is 0.328 e. The molecule has 3 aliphatic heterocycles. The van der Waals surface area contributed by atoms with E-state index in [4.69, 9.17) is 14.0 Å². The SMILES string of the molecule is COc1ncnn1-c1noc2c(F)c3c(cc12)CC1(C(=O)NC(=O)NC1=O)[C@H]1[C@H](C)O[C@H](C)CN31. The summed E-state index contributed by atoms with van der Waals surface area (Å²) in [5.74, 6) is -2.09. The number of hydrogen-bond donors (Lipinski definition) is 2. The number of barbiturate groups is 1. The van der Waals surface area contributed by atoms with Crippen molar-refractivity contribution in [1.82, 2.24) is 30.6 Å². The van der Waals surface area contributed by atoms with Crippen molar-refractivity contribution in [2.75, 3.05) is 18.6 Å². The quantitative estimate of drug-likeness (QED) is 0.489. The van der Waals surface area contributed by atoms with Crippen LogP contribution in [0.4, 0.5) is 14.9 Å². The Balaban J connectivity index is 1.60. The van der Waals surface area contributed by atoms with Gasteiger partial charge in [0.15, 0.2) is 11.2 Å². The zero-order chi connectivity index (χ0) is 24.6. The highest BCUT2D eigenvalue weighted by molar-refractivity contribution is 6.20. The van der Waals surface area contributed by atoms with Crippen LogP contribution in [0.3, 0.4) is 0 Å². The summed E-state index contributed by atoms with van der Waals surface area (Å²) in [7, 11) is 1.40. The Morgan fingerprint density at radius 1 is 1.23 bits per heavy atom. The Bertz CT molecular complexity index is 1400. The van der Waals surface area contributed by atoms with Crippen LogP contribution in [-0.4, -0.2) is 69.7 Å². The van der Waals surface area contributed by atoms with Gasteiger partial charge in [-0.25, -0.2) is 9.18 Å². The van der Waals surface area contributed by atoms with E-state index in [1.165, 1.54) is 18.1 Å². The lowest BCUT2D eigenvalue weighted by Crippen LogP contribution is -2.75. The molecule has 3 aromatic rings. The summed E-state index contributed by atoms with van der Waals surface area (Å²) in [4.78, 5) is 44.1. The number of aromatic nitrogens is 4. The number of benzene rings is 1. The van der Waals surface area contributed by atoms with Crippen LogP contribution in [0.15, 0.2) is 16.9 Å². The third kappa shape index (κ3) is 2.76. The number of rotatable bonds is 2. The molecule has 0 aliphatic carbocycles. The summed E-state index contributed by atoms with van der Waals surface area (Å²) in [6.07, 6.45) is 0.122. The molecule has 1 aromatic carbocycles. The highest BCUT2D eigenvalue weighted by atomic mass is 19.1. The second kappa shape index (κ2) is 7.21. The molecule has 2 N–H and O–H groups in total. The van der Waals surface area contributed by atoms with Gasteiger partial charge in [-0.05, 0) is 25.5 Å². The molecule has 1 spiro atoms. The zero-order valence-corrected chi connectivity index (χ0v) is 18.9. The van der Waals surface area contributed by atoms with E-state index in [9.17, 15) is 14.4 Å². The maximum Gasteiger partial charge on any atom is 0.328 e. The number of nitrogens with zero attached hydrogens (tertiary/aromatic N) is 5. The number of carbonyl (C=O) groups is 3. The molecule has 6 rings (SSSR count). The standard InChI is InChI=1S/C21H20FN7O6/c1-8-6-28-13-10(5-21(15(28)9(2)34-8)17(30)25-19(32)26-18(21)31)4-11-14(12(13)22)35-27-16(11)29-20(33-3)23-7-24-29/h4,7-9,15H,5-6H2,1-3H3,(H2,25,26,30,31,32)/t8-,9+,15-/m1/s1. The van der Waals surface area contributed by atoms with Gasteiger partial charge in [-0.2, -0.15) is 9.67 Å². The van der Waals surface area contributed by atoms with Gasteiger partial charge in [0.2, 0.25) is 23.2 Å². The minimum atomic E-state index is -1.73. The van der Waals surface area contributed by atoms with Gasteiger partial charge in [-0.3, -0.25) is 20.2 Å². The average molecular weight is 485 g/mol. The number of morpholine rings is 1. The minimum absolute atomic E-state index is 0.107. The summed E-state index contributed by atoms with van der Waals surface area (Å²) in [5.41, 5.74) is -1.29. The maximum atomic E-state index is 16.1. The largest absolute Gasteiger partial charge is 0.467 e. The van der Waals surface area contributed by atoms with E-state index in [1.54, 1.807) is 17.9 Å². The third-order valence-electron chi connectivity index (χ3n) is 6.85. The average Bonchev–Trinajstić information content (AvgIpc) is 3.43. The number of urea groups is 1. The Morgan fingerprint density at radius 3 is 2.69 bits per heavy atom. The molecule has 182 valence electrons. The number of imide groups is 2. The molecule has 0 bridgehead atoms. The van der Waals surface area contributed by atoms with E-state index in [0.717, 1.165) is 0 Å². The van der Waals surface area contributed by atoms with Crippen molar-refractivity contribution in [3.8, 4) is 11.8 Å². The molecule has 0 saturated carbocycles. The number of nitrogens with one attached hydrogen (secondary N) is 2. The molecule has 3 aliphatic rings. The van der Waals surface area contributed by atoms with Crippen LogP contribution >= 0.6 is 0 Å². The highest BCUT2D eigenvalue weighted by Crippen LogP contribution is 2.49. The summed E-state index contributed by atoms with van der Waals surface area (Å²) in [5, 5.41) is 12.7. The van der Waals surface area contributed by atoms with Crippen LogP contribution < -0.4 is 20.3 Å². The van der Waals surface area contributed by atoms with Gasteiger partial charge in [0.25, 0.3) is 0 Å². The lowest BCUT2D eigenvalue weighted by atomic mass is 9.66. The number of hydrogen-bond acceptors (Lipinski definition) is 10. The fourth-order valence-corrected chi connectivity index (χ4v) is 5.60. The summed E-state index contributed by atoms with van der Waals surface area (Å²) >= 11 is 0. The van der Waals surface area contributed by atoms with E-state index in [0.29, 0.717) is 5.56 Å². The van der Waals surface area contributed by atoms with Crippen molar-refractivity contribution in [1.29, 1.82) is 0 Å². The number of methoxy groups -OCH3 is 1. The molecular weight excluding hydrogens is 465 g/mol. The second-order valence-electron chi connectivity index (χ2n) is 8.87. The van der Waals surface area contributed by atoms with Crippen LogP contribution in [0, 0.1) is 11.2 Å². The van der Waals surface area contributed by atoms with Crippen molar-refractivity contribution in [3.05, 3.63) is 23.8 Å². The lowest BCUT2D eigenvalue weighted by molar-refractivity contribution is -0.153. The summed E-state index contributed by atoms with van der Waals surface area (Å²) in [6.45, 7) is 3.74. The number of ether oxygens (including phenoxy) is 2. The van der Waals surface area contributed by atoms with Gasteiger partial charge in [-0.1, -0.05) is 5.16 Å². The number of fused-ring (bicyclic) bond motifs is 5. The van der Waals surface area contributed by atoms with E-state index in [2.05, 4.69) is 25.9 Å². The molecule has 0 radical (unpaired) electrons. The Labute approximate surface area is 196 Å². The van der Waals surface area contributed by atoms with Crippen LogP contribution in [0.2, 0.25) is 0 Å². The van der Waals surface area contributed by atoms with Crippen molar-refractivity contribution >= 4 is 34.5 Å². The number of amides is 4. The first kappa shape index (κ1) is 21.5. The zero-order valence-electron chi connectivity index (χ0n) is 18.9. The molecule has 2 aromatic heterocycles. The molecule has 5 heterocycles. The van der Waals surface area contributed by atoms with Crippen molar-refractivity contribution in [2.24, 2.45) is 5.41 Å². The predicted molar refractivity (Wildman–Crippen MR) is 114 cm³/mol. The van der Waals surface area contributed by atoms with E-state index < -0.39 is 41.2 Å². The van der Waals surface area contributed by atoms with Gasteiger partial charge in [0.1, 0.15) is 6.33 Å². The minimum Gasteiger partial charge on any atom is -0.467 e. The molecule has 4 amide bonds. The first-order valence-electron chi connectivity index (χ1n) is 10.9. The van der Waals surface area contributed by atoms with Crippen LogP contribution in [0.1, 0.15) is 19.4 Å². The lowest BCUT2D eigenvalue weighted by Gasteiger charge is -2.55. The number of halogens is 1. The van der Waals surface area contributed by atoms with Crippen LogP contribution in [0.5, 0.6) is 6.01 Å². The van der Waals surface area contributed by atoms with E-state index in [1.807, 2.05) is 6.92 Å². The van der Waals surface area contributed by atoms with E-state index >= 15 is 4.39 Å². The predicted octanol–water partition coefficient (Wildman–Crippen LogP) is 0.447. The highest BCUT2D eigenvalue weighted by Gasteiger charge is 2.63. The van der Waals surface area contributed by atoms with Gasteiger partial charge < -0.3 is 18.9 Å². The number of anilines is 1. The van der Waals surface area contributed by atoms with Gasteiger partial charge >= 0.3 is 12.0 Å². The molecular formula is C21H20FN7O6. The molecule has 13 nitrogen and oxygen atoms in total. The second-order valence-corrected chi connectivity index (χ2v) is 8.87. The normalized spacial score (nSPS) is 25.3. The molecule has 35 heavy (non-hydrogen) atoms. The van der Waals surface area contributed by atoms with Crippen LogP contribution in [-0.2, 0) is 20.7 Å². The molecule has 14 heteroatoms. The van der Waals surface area contributed by atoms with Crippen molar-refractivity contribution in [3.63, 3.8) is 0 Å². The summed E-state index contributed by atoms with van der Waals surface area (Å²) < 4.78 is 33.8. The Morgan fingerprint density at radius 2 is 1.97 bits per heavy atom. The monoisotopic (exact) mass is 485 g/mol. The first-order valence-corrected chi connectivity index (χ1v) is 10.9. The van der Waals surface area contributed by atoms with E-state index in [-0.39, 0.29) is 47.6 Å². The van der Waals surface area contributed by atoms with Gasteiger partial charge in [0, 0.05) is 13.0 Å². The Hall–Kier alpha value is -4.07. The van der Waals surface area contributed by atoms with Gasteiger partial charge in [-0.15, -0.1) is 5.10 Å². The molecule has 2 saturated heterocycles. The summed E-state index contributed by atoms with van der Waals surface area (Å²) in [6, 6.07) is -0.0540. The molecule has 0 unspecified atom stereocenters.